The Hall–Kier alpha value is -0.340. The topological polar surface area (TPSA) is 26.0 Å². The minimum absolute atomic E-state index is 0.0151. The van der Waals surface area contributed by atoms with Gasteiger partial charge in [0.2, 0.25) is 0 Å². The Labute approximate surface area is 91.3 Å². The van der Waals surface area contributed by atoms with Crippen LogP contribution in [0.4, 0.5) is 0 Å². The van der Waals surface area contributed by atoms with E-state index >= 15 is 0 Å². The normalized spacial score (nSPS) is 17.7. The lowest BCUT2D eigenvalue weighted by atomic mass is 9.82. The average Bonchev–Trinajstić information content (AvgIpc) is 2.66. The van der Waals surface area contributed by atoms with E-state index in [4.69, 9.17) is 5.73 Å². The molecule has 80 valence electrons. The molecule has 1 aromatic heterocycles. The Balaban J connectivity index is 2.44. The molecule has 0 aliphatic heterocycles. The maximum atomic E-state index is 6.29. The molecule has 0 saturated carbocycles. The van der Waals surface area contributed by atoms with E-state index in [0.717, 1.165) is 19.3 Å². The Morgan fingerprint density at radius 1 is 1.57 bits per heavy atom. The molecular weight excluding hydrogens is 190 g/mol. The molecule has 0 saturated heterocycles. The van der Waals surface area contributed by atoms with Crippen molar-refractivity contribution in [2.45, 2.75) is 45.6 Å². The number of thiophene rings is 1. The molecule has 1 rings (SSSR count). The number of nitrogens with two attached hydrogens (primary N) is 1. The van der Waals surface area contributed by atoms with Crippen molar-refractivity contribution in [2.24, 2.45) is 11.7 Å². The smallest absolute Gasteiger partial charge is 0.0155 e. The molecule has 0 aliphatic carbocycles. The zero-order chi connectivity index (χ0) is 10.6. The van der Waals surface area contributed by atoms with Crippen LogP contribution in [0.1, 0.15) is 38.5 Å². The summed E-state index contributed by atoms with van der Waals surface area (Å²) in [4.78, 5) is 1.45. The van der Waals surface area contributed by atoms with Crippen LogP contribution in [0, 0.1) is 5.92 Å². The Kier molecular flexibility index (Phi) is 4.14. The second kappa shape index (κ2) is 4.94. The van der Waals surface area contributed by atoms with E-state index in [1.165, 1.54) is 4.88 Å². The Morgan fingerprint density at radius 2 is 2.29 bits per heavy atom. The van der Waals surface area contributed by atoms with Crippen LogP contribution in [0.2, 0.25) is 0 Å². The summed E-state index contributed by atoms with van der Waals surface area (Å²) in [5, 5.41) is 2.13. The van der Waals surface area contributed by atoms with Crippen molar-refractivity contribution in [2.75, 3.05) is 0 Å². The van der Waals surface area contributed by atoms with Gasteiger partial charge in [0.1, 0.15) is 0 Å². The second-order valence-electron chi connectivity index (χ2n) is 4.39. The summed E-state index contributed by atoms with van der Waals surface area (Å²) in [7, 11) is 0. The molecule has 0 fully saturated rings. The highest BCUT2D eigenvalue weighted by Crippen LogP contribution is 2.24. The predicted octanol–water partition coefficient (Wildman–Crippen LogP) is 3.44. The summed E-state index contributed by atoms with van der Waals surface area (Å²) in [5.41, 5.74) is 6.28. The van der Waals surface area contributed by atoms with Crippen LogP contribution < -0.4 is 5.73 Å². The number of hydrogen-bond acceptors (Lipinski definition) is 2. The first-order valence-electron chi connectivity index (χ1n) is 5.37. The molecule has 0 bridgehead atoms. The fraction of sp³-hybridized carbons (Fsp3) is 0.667. The lowest BCUT2D eigenvalue weighted by molar-refractivity contribution is 0.289. The summed E-state index contributed by atoms with van der Waals surface area (Å²) in [6.07, 6.45) is 3.37. The average molecular weight is 211 g/mol. The van der Waals surface area contributed by atoms with Gasteiger partial charge in [-0.25, -0.2) is 0 Å². The van der Waals surface area contributed by atoms with Gasteiger partial charge in [0.15, 0.2) is 0 Å². The summed E-state index contributed by atoms with van der Waals surface area (Å²) in [6, 6.07) is 4.30. The molecule has 0 amide bonds. The van der Waals surface area contributed by atoms with Crippen molar-refractivity contribution in [3.05, 3.63) is 22.4 Å². The van der Waals surface area contributed by atoms with Gasteiger partial charge in [-0.2, -0.15) is 0 Å². The van der Waals surface area contributed by atoms with E-state index in [1.54, 1.807) is 0 Å². The van der Waals surface area contributed by atoms with E-state index in [0.29, 0.717) is 5.92 Å². The van der Waals surface area contributed by atoms with Crippen molar-refractivity contribution in [1.82, 2.24) is 0 Å². The lowest BCUT2D eigenvalue weighted by Crippen LogP contribution is -2.43. The number of hydrogen-bond donors (Lipinski definition) is 1. The molecule has 1 heterocycles. The summed E-state index contributed by atoms with van der Waals surface area (Å²) < 4.78 is 0. The van der Waals surface area contributed by atoms with Crippen molar-refractivity contribution in [3.8, 4) is 0 Å². The maximum Gasteiger partial charge on any atom is 0.0155 e. The van der Waals surface area contributed by atoms with Crippen molar-refractivity contribution in [3.63, 3.8) is 0 Å². The van der Waals surface area contributed by atoms with Crippen LogP contribution in [0.15, 0.2) is 17.5 Å². The second-order valence-corrected chi connectivity index (χ2v) is 5.43. The molecular formula is C12H21NS. The van der Waals surface area contributed by atoms with Crippen LogP contribution in [0.5, 0.6) is 0 Å². The summed E-state index contributed by atoms with van der Waals surface area (Å²) >= 11 is 1.83. The number of rotatable bonds is 5. The standard InChI is InChI=1S/C12H21NS/c1-4-10(2)12(3,13)8-7-11-6-5-9-14-11/h5-6,9-10H,4,7-8,13H2,1-3H3. The Morgan fingerprint density at radius 3 is 2.79 bits per heavy atom. The van der Waals surface area contributed by atoms with Crippen molar-refractivity contribution < 1.29 is 0 Å². The third kappa shape index (κ3) is 3.10. The fourth-order valence-corrected chi connectivity index (χ4v) is 2.27. The summed E-state index contributed by atoms with van der Waals surface area (Å²) in [6.45, 7) is 6.63. The van der Waals surface area contributed by atoms with Gasteiger partial charge in [-0.15, -0.1) is 11.3 Å². The third-order valence-electron chi connectivity index (χ3n) is 3.23. The Bertz CT molecular complexity index is 251. The zero-order valence-electron chi connectivity index (χ0n) is 9.42. The van der Waals surface area contributed by atoms with Gasteiger partial charge in [-0.3, -0.25) is 0 Å². The van der Waals surface area contributed by atoms with Gasteiger partial charge in [0.25, 0.3) is 0 Å². The molecule has 0 aliphatic rings. The van der Waals surface area contributed by atoms with Crippen molar-refractivity contribution in [1.29, 1.82) is 0 Å². The first kappa shape index (κ1) is 11.7. The minimum atomic E-state index is -0.0151. The SMILES string of the molecule is CCC(C)C(C)(N)CCc1cccs1. The molecule has 2 unspecified atom stereocenters. The first-order chi connectivity index (χ1) is 6.56. The van der Waals surface area contributed by atoms with Gasteiger partial charge < -0.3 is 5.73 Å². The van der Waals surface area contributed by atoms with Crippen LogP contribution in [0.25, 0.3) is 0 Å². The highest BCUT2D eigenvalue weighted by molar-refractivity contribution is 7.09. The van der Waals surface area contributed by atoms with Crippen LogP contribution in [0.3, 0.4) is 0 Å². The van der Waals surface area contributed by atoms with Gasteiger partial charge in [-0.1, -0.05) is 26.3 Å². The molecule has 1 nitrogen and oxygen atoms in total. The van der Waals surface area contributed by atoms with Crippen LogP contribution in [-0.2, 0) is 6.42 Å². The molecule has 1 aromatic rings. The van der Waals surface area contributed by atoms with Crippen LogP contribution in [-0.4, -0.2) is 5.54 Å². The van der Waals surface area contributed by atoms with Gasteiger partial charge >= 0.3 is 0 Å². The molecule has 2 atom stereocenters. The molecule has 0 aromatic carbocycles. The maximum absolute atomic E-state index is 6.29. The van der Waals surface area contributed by atoms with E-state index in [2.05, 4.69) is 38.3 Å². The zero-order valence-corrected chi connectivity index (χ0v) is 10.2. The summed E-state index contributed by atoms with van der Waals surface area (Å²) in [5.74, 6) is 0.600. The van der Waals surface area contributed by atoms with E-state index in [-0.39, 0.29) is 5.54 Å². The first-order valence-corrected chi connectivity index (χ1v) is 6.25. The molecule has 0 spiro atoms. The molecule has 2 N–H and O–H groups in total. The highest BCUT2D eigenvalue weighted by atomic mass is 32.1. The lowest BCUT2D eigenvalue weighted by Gasteiger charge is -2.31. The van der Waals surface area contributed by atoms with Crippen LogP contribution >= 0.6 is 11.3 Å². The number of aryl methyl sites for hydroxylation is 1. The minimum Gasteiger partial charge on any atom is -0.325 e. The van der Waals surface area contributed by atoms with Gasteiger partial charge in [0, 0.05) is 10.4 Å². The van der Waals surface area contributed by atoms with Gasteiger partial charge in [-0.05, 0) is 37.1 Å². The van der Waals surface area contributed by atoms with E-state index < -0.39 is 0 Å². The fourth-order valence-electron chi connectivity index (χ4n) is 1.56. The van der Waals surface area contributed by atoms with E-state index in [9.17, 15) is 0 Å². The highest BCUT2D eigenvalue weighted by Gasteiger charge is 2.24. The quantitative estimate of drug-likeness (QED) is 0.793. The third-order valence-corrected chi connectivity index (χ3v) is 4.16. The largest absolute Gasteiger partial charge is 0.325 e. The molecule has 14 heavy (non-hydrogen) atoms. The molecule has 0 radical (unpaired) electrons. The van der Waals surface area contributed by atoms with Gasteiger partial charge in [0.05, 0.1) is 0 Å². The monoisotopic (exact) mass is 211 g/mol. The van der Waals surface area contributed by atoms with Crippen molar-refractivity contribution >= 4 is 11.3 Å². The molecule has 2 heteroatoms. The predicted molar refractivity (Wildman–Crippen MR) is 64.7 cm³/mol. The van der Waals surface area contributed by atoms with E-state index in [1.807, 2.05) is 11.3 Å².